The third kappa shape index (κ3) is 5390. The lowest BCUT2D eigenvalue weighted by molar-refractivity contribution is 0.113. The molecule has 0 aliphatic rings. The zero-order chi connectivity index (χ0) is 18.7. The van der Waals surface area contributed by atoms with Crippen molar-refractivity contribution < 1.29 is 49.7 Å². The highest BCUT2D eigenvalue weighted by molar-refractivity contribution is 7.80. The molecule has 0 saturated heterocycles. The van der Waals surface area contributed by atoms with E-state index in [1.54, 1.807) is 0 Å². The molecule has 0 aromatic rings. The molecular formula is C8H22O11S2-2. The average molecular weight is 358 g/mol. The molecule has 0 rings (SSSR count). The highest BCUT2D eigenvalue weighted by Gasteiger charge is 1.84. The number of hydrogen-bond acceptors (Lipinski definition) is 8. The first kappa shape index (κ1) is 32.1. The summed E-state index contributed by atoms with van der Waals surface area (Å²) in [5, 5.41) is 7.50. The van der Waals surface area contributed by atoms with Crippen molar-refractivity contribution in [2.75, 3.05) is 7.11 Å². The monoisotopic (exact) mass is 358 g/mol. The molecule has 0 aliphatic carbocycles. The summed E-state index contributed by atoms with van der Waals surface area (Å²) in [6.45, 7) is 8.50. The number of hydrogen-bond donors (Lipinski definition) is 3. The molecular weight excluding hydrogens is 336 g/mol. The van der Waals surface area contributed by atoms with Crippen LogP contribution in [0.4, 0.5) is 4.79 Å². The fraction of sp³-hybridized carbons (Fsp3) is 0.875. The van der Waals surface area contributed by atoms with Crippen LogP contribution in [0.2, 0.25) is 0 Å². The Kier molecular flexibility index (Phi) is 32.6. The smallest absolute Gasteiger partial charge is 0.505 e. The third-order valence-electron chi connectivity index (χ3n) is 0.175. The van der Waals surface area contributed by atoms with Gasteiger partial charge in [0.05, 0.1) is 7.11 Å². The maximum absolute atomic E-state index is 9.15. The molecule has 0 bridgehead atoms. The largest absolute Gasteiger partial charge is 0.759 e. The van der Waals surface area contributed by atoms with E-state index in [0.29, 0.717) is 0 Å². The van der Waals surface area contributed by atoms with Crippen LogP contribution < -0.4 is 0 Å². The van der Waals surface area contributed by atoms with Crippen LogP contribution in [0, 0.1) is 0 Å². The van der Waals surface area contributed by atoms with Crippen LogP contribution in [0.5, 0.6) is 0 Å². The van der Waals surface area contributed by atoms with Crippen molar-refractivity contribution in [3.05, 3.63) is 0 Å². The van der Waals surface area contributed by atoms with Crippen molar-refractivity contribution in [2.45, 2.75) is 40.5 Å². The van der Waals surface area contributed by atoms with Gasteiger partial charge in [0.15, 0.2) is 0 Å². The Morgan fingerprint density at radius 2 is 1.00 bits per heavy atom. The van der Waals surface area contributed by atoms with Gasteiger partial charge >= 0.3 is 16.6 Å². The molecule has 0 heterocycles. The van der Waals surface area contributed by atoms with Gasteiger partial charge in [-0.25, -0.2) is 4.79 Å². The SMILES string of the molecule is CCC.CCC.COC(=O)O.O=S(=O)(O)O.O=S(=O)([O-])[O-]. The summed E-state index contributed by atoms with van der Waals surface area (Å²) in [7, 11) is -8.73. The van der Waals surface area contributed by atoms with Crippen molar-refractivity contribution in [1.29, 1.82) is 0 Å². The quantitative estimate of drug-likeness (QED) is 0.318. The lowest BCUT2D eigenvalue weighted by Gasteiger charge is -2.06. The number of ether oxygens (including phenoxy) is 1. The highest BCUT2D eigenvalue weighted by atomic mass is 32.3. The number of carboxylic acid groups (broad SMARTS) is 1. The van der Waals surface area contributed by atoms with E-state index < -0.39 is 27.0 Å². The van der Waals surface area contributed by atoms with Crippen molar-refractivity contribution in [2.24, 2.45) is 0 Å². The highest BCUT2D eigenvalue weighted by Crippen LogP contribution is 1.60. The molecule has 0 radical (unpaired) electrons. The van der Waals surface area contributed by atoms with Gasteiger partial charge < -0.3 is 18.9 Å². The number of rotatable bonds is 0. The van der Waals surface area contributed by atoms with Gasteiger partial charge in [0, 0.05) is 10.4 Å². The van der Waals surface area contributed by atoms with E-state index in [9.17, 15) is 0 Å². The summed E-state index contributed by atoms with van der Waals surface area (Å²) in [6.07, 6.45) is 1.25. The Morgan fingerprint density at radius 3 is 1.00 bits per heavy atom. The molecule has 0 saturated carbocycles. The van der Waals surface area contributed by atoms with Gasteiger partial charge in [-0.05, 0) is 0 Å². The first-order valence-corrected chi connectivity index (χ1v) is 7.96. The second-order valence-electron chi connectivity index (χ2n) is 2.74. The Balaban J connectivity index is -0.0000000519. The molecule has 0 unspecified atom stereocenters. The normalized spacial score (nSPS) is 8.81. The topological polar surface area (TPSA) is 201 Å². The Bertz CT molecular complexity index is 336. The van der Waals surface area contributed by atoms with E-state index in [0.717, 1.165) is 7.11 Å². The predicted octanol–water partition coefficient (Wildman–Crippen LogP) is 1.15. The van der Waals surface area contributed by atoms with Gasteiger partial charge in [0.2, 0.25) is 0 Å². The van der Waals surface area contributed by atoms with E-state index in [1.807, 2.05) is 0 Å². The number of methoxy groups -OCH3 is 1. The van der Waals surface area contributed by atoms with Crippen LogP contribution in [0.1, 0.15) is 40.5 Å². The number of carbonyl (C=O) groups is 1. The first-order chi connectivity index (χ1) is 9.10. The molecule has 0 fully saturated rings. The summed E-state index contributed by atoms with van der Waals surface area (Å²) in [6, 6.07) is 0. The van der Waals surface area contributed by atoms with Crippen LogP contribution in [0.3, 0.4) is 0 Å². The van der Waals surface area contributed by atoms with Crippen molar-refractivity contribution in [3.8, 4) is 0 Å². The molecule has 134 valence electrons. The lowest BCUT2D eigenvalue weighted by Crippen LogP contribution is -1.91. The van der Waals surface area contributed by atoms with Gasteiger partial charge in [-0.15, -0.1) is 0 Å². The summed E-state index contributed by atoms with van der Waals surface area (Å²) >= 11 is 0. The predicted molar refractivity (Wildman–Crippen MR) is 71.6 cm³/mol. The summed E-state index contributed by atoms with van der Waals surface area (Å²) in [5.41, 5.74) is 0. The van der Waals surface area contributed by atoms with Crippen LogP contribution in [0.25, 0.3) is 0 Å². The van der Waals surface area contributed by atoms with Gasteiger partial charge in [-0.2, -0.15) is 8.42 Å². The van der Waals surface area contributed by atoms with Gasteiger partial charge in [-0.3, -0.25) is 17.5 Å². The molecule has 0 atom stereocenters. The zero-order valence-electron chi connectivity index (χ0n) is 12.3. The van der Waals surface area contributed by atoms with E-state index in [1.165, 1.54) is 12.8 Å². The van der Waals surface area contributed by atoms with Crippen molar-refractivity contribution in [3.63, 3.8) is 0 Å². The molecule has 21 heavy (non-hydrogen) atoms. The van der Waals surface area contributed by atoms with Gasteiger partial charge in [0.25, 0.3) is 0 Å². The standard InChI is InChI=1S/2C3H8.C2H4O3.2H2O4S/c2*1-3-2;1-5-2(3)4;2*1-5(2,3)4/h2*3H2,1-2H3;1H3,(H,3,4);2*(H2,1,2,3,4)/p-2. The second-order valence-corrected chi connectivity index (χ2v) is 4.45. The Morgan fingerprint density at radius 1 is 0.952 bits per heavy atom. The molecule has 0 spiro atoms. The van der Waals surface area contributed by atoms with Crippen LogP contribution in [0.15, 0.2) is 0 Å². The fourth-order valence-electron chi connectivity index (χ4n) is 0. The van der Waals surface area contributed by atoms with Crippen LogP contribution in [-0.4, -0.2) is 53.4 Å². The van der Waals surface area contributed by atoms with Crippen LogP contribution >= 0.6 is 0 Å². The lowest BCUT2D eigenvalue weighted by atomic mass is 10.6. The minimum atomic E-state index is -5.17. The molecule has 11 nitrogen and oxygen atoms in total. The van der Waals surface area contributed by atoms with Crippen molar-refractivity contribution in [1.82, 2.24) is 0 Å². The van der Waals surface area contributed by atoms with Crippen LogP contribution in [-0.2, 0) is 25.5 Å². The minimum absolute atomic E-state index is 1.10. The Hall–Kier alpha value is -0.990. The van der Waals surface area contributed by atoms with Gasteiger partial charge in [-0.1, -0.05) is 40.5 Å². The van der Waals surface area contributed by atoms with Gasteiger partial charge in [0.1, 0.15) is 0 Å². The molecule has 0 amide bonds. The maximum Gasteiger partial charge on any atom is 0.505 e. The molecule has 13 heteroatoms. The fourth-order valence-corrected chi connectivity index (χ4v) is 0. The molecule has 0 aliphatic heterocycles. The molecule has 3 N–H and O–H groups in total. The summed E-state index contributed by atoms with van der Waals surface area (Å²) < 4.78 is 69.3. The molecule has 0 aromatic carbocycles. The summed E-state index contributed by atoms with van der Waals surface area (Å²) in [4.78, 5) is 9.15. The first-order valence-electron chi connectivity index (χ1n) is 5.23. The van der Waals surface area contributed by atoms with Crippen molar-refractivity contribution >= 4 is 27.0 Å². The minimum Gasteiger partial charge on any atom is -0.759 e. The second kappa shape index (κ2) is 21.3. The third-order valence-corrected chi connectivity index (χ3v) is 0.175. The van der Waals surface area contributed by atoms with E-state index >= 15 is 0 Å². The Labute approximate surface area is 125 Å². The van der Waals surface area contributed by atoms with E-state index in [4.69, 9.17) is 44.9 Å². The molecule has 0 aromatic heterocycles. The summed E-state index contributed by atoms with van der Waals surface area (Å²) in [5.74, 6) is 0. The average Bonchev–Trinajstić information content (AvgIpc) is 2.14. The van der Waals surface area contributed by atoms with E-state index in [2.05, 4.69) is 32.4 Å². The van der Waals surface area contributed by atoms with E-state index in [-0.39, 0.29) is 0 Å². The zero-order valence-corrected chi connectivity index (χ0v) is 14.0. The maximum atomic E-state index is 9.15.